The van der Waals surface area contributed by atoms with Crippen LogP contribution < -0.4 is 9.47 Å². The zero-order chi connectivity index (χ0) is 13.5. The van der Waals surface area contributed by atoms with Crippen molar-refractivity contribution in [1.29, 1.82) is 10.5 Å². The van der Waals surface area contributed by atoms with Gasteiger partial charge in [-0.3, -0.25) is 0 Å². The highest BCUT2D eigenvalue weighted by Crippen LogP contribution is 2.33. The first kappa shape index (κ1) is 13.6. The number of benzene rings is 1. The molecular weight excluding hydrogens is 228 g/mol. The van der Waals surface area contributed by atoms with Gasteiger partial charge in [-0.05, 0) is 26.0 Å². The lowest BCUT2D eigenvalue weighted by molar-refractivity contribution is 0.229. The summed E-state index contributed by atoms with van der Waals surface area (Å²) in [5.74, 6) is 1.12. The monoisotopic (exact) mass is 242 g/mol. The van der Waals surface area contributed by atoms with E-state index < -0.39 is 0 Å². The van der Waals surface area contributed by atoms with Gasteiger partial charge in [-0.15, -0.1) is 0 Å². The molecule has 1 rings (SSSR count). The Kier molecular flexibility index (Phi) is 4.78. The average molecular weight is 242 g/mol. The molecule has 4 heteroatoms. The molecule has 0 atom stereocenters. The van der Waals surface area contributed by atoms with Gasteiger partial charge in [0.15, 0.2) is 11.5 Å². The second-order valence-corrected chi connectivity index (χ2v) is 3.83. The highest BCUT2D eigenvalue weighted by Gasteiger charge is 2.11. The van der Waals surface area contributed by atoms with Crippen LogP contribution >= 0.6 is 0 Å². The van der Waals surface area contributed by atoms with Crippen molar-refractivity contribution in [3.63, 3.8) is 0 Å². The summed E-state index contributed by atoms with van der Waals surface area (Å²) >= 11 is 0. The number of methoxy groups -OCH3 is 1. The number of para-hydroxylation sites is 1. The van der Waals surface area contributed by atoms with E-state index in [0.29, 0.717) is 17.1 Å². The molecule has 0 aliphatic carbocycles. The number of allylic oxidation sites excluding steroid dienone is 1. The molecule has 0 aromatic heterocycles. The van der Waals surface area contributed by atoms with Gasteiger partial charge in [-0.1, -0.05) is 12.1 Å². The van der Waals surface area contributed by atoms with E-state index in [0.717, 1.165) is 0 Å². The molecule has 0 N–H and O–H groups in total. The maximum Gasteiger partial charge on any atom is 0.168 e. The van der Waals surface area contributed by atoms with Crippen LogP contribution in [0.15, 0.2) is 23.8 Å². The van der Waals surface area contributed by atoms with Crippen LogP contribution in [0.2, 0.25) is 0 Å². The van der Waals surface area contributed by atoms with Crippen molar-refractivity contribution in [3.05, 3.63) is 29.3 Å². The van der Waals surface area contributed by atoms with Crippen LogP contribution in [0.1, 0.15) is 19.4 Å². The minimum absolute atomic E-state index is 0.0249. The third kappa shape index (κ3) is 3.26. The normalized spacial score (nSPS) is 9.22. The quantitative estimate of drug-likeness (QED) is 0.761. The van der Waals surface area contributed by atoms with Gasteiger partial charge in [0.2, 0.25) is 0 Å². The zero-order valence-electron chi connectivity index (χ0n) is 10.6. The molecule has 0 amide bonds. The Morgan fingerprint density at radius 1 is 1.28 bits per heavy atom. The molecule has 0 bridgehead atoms. The van der Waals surface area contributed by atoms with Crippen LogP contribution in [0.4, 0.5) is 0 Å². The summed E-state index contributed by atoms with van der Waals surface area (Å²) in [7, 11) is 1.55. The second-order valence-electron chi connectivity index (χ2n) is 3.83. The number of hydrogen-bond donors (Lipinski definition) is 0. The fourth-order valence-corrected chi connectivity index (χ4v) is 1.41. The third-order valence-electron chi connectivity index (χ3n) is 2.12. The number of hydrogen-bond acceptors (Lipinski definition) is 4. The second kappa shape index (κ2) is 6.32. The smallest absolute Gasteiger partial charge is 0.168 e. The maximum atomic E-state index is 8.77. The van der Waals surface area contributed by atoms with Crippen molar-refractivity contribution in [3.8, 4) is 23.6 Å². The summed E-state index contributed by atoms with van der Waals surface area (Å²) in [4.78, 5) is 0. The molecule has 18 heavy (non-hydrogen) atoms. The molecule has 0 saturated carbocycles. The Labute approximate surface area is 107 Å². The minimum atomic E-state index is -0.0268. The molecule has 4 nitrogen and oxygen atoms in total. The Bertz CT molecular complexity index is 518. The molecule has 0 aliphatic heterocycles. The topological polar surface area (TPSA) is 66.0 Å². The lowest BCUT2D eigenvalue weighted by atomic mass is 10.1. The SMILES string of the molecule is COc1cccc(C=C(C#N)C#N)c1OC(C)C. The molecule has 0 saturated heterocycles. The molecule has 1 aromatic rings. The number of ether oxygens (including phenoxy) is 2. The largest absolute Gasteiger partial charge is 0.493 e. The van der Waals surface area contributed by atoms with Gasteiger partial charge in [-0.2, -0.15) is 10.5 Å². The first-order valence-corrected chi connectivity index (χ1v) is 5.48. The Morgan fingerprint density at radius 2 is 1.94 bits per heavy atom. The number of nitriles is 2. The minimum Gasteiger partial charge on any atom is -0.493 e. The maximum absolute atomic E-state index is 8.77. The summed E-state index contributed by atoms with van der Waals surface area (Å²) in [6.45, 7) is 3.80. The van der Waals surface area contributed by atoms with Crippen LogP contribution in [0.3, 0.4) is 0 Å². The van der Waals surface area contributed by atoms with Crippen molar-refractivity contribution in [2.75, 3.05) is 7.11 Å². The fourth-order valence-electron chi connectivity index (χ4n) is 1.41. The zero-order valence-corrected chi connectivity index (χ0v) is 10.6. The molecule has 0 aliphatic rings. The van der Waals surface area contributed by atoms with E-state index in [9.17, 15) is 0 Å². The van der Waals surface area contributed by atoms with E-state index in [-0.39, 0.29) is 11.7 Å². The van der Waals surface area contributed by atoms with Gasteiger partial charge in [-0.25, -0.2) is 0 Å². The summed E-state index contributed by atoms with van der Waals surface area (Å²) in [5, 5.41) is 17.5. The molecule has 0 unspecified atom stereocenters. The highest BCUT2D eigenvalue weighted by molar-refractivity contribution is 5.69. The van der Waals surface area contributed by atoms with Crippen molar-refractivity contribution in [1.82, 2.24) is 0 Å². The predicted molar refractivity (Wildman–Crippen MR) is 68.0 cm³/mol. The van der Waals surface area contributed by atoms with Crippen LogP contribution in [-0.2, 0) is 0 Å². The van der Waals surface area contributed by atoms with Gasteiger partial charge in [0, 0.05) is 5.56 Å². The molecule has 92 valence electrons. The number of rotatable bonds is 4. The van der Waals surface area contributed by atoms with Gasteiger partial charge in [0.1, 0.15) is 17.7 Å². The molecule has 0 radical (unpaired) electrons. The van der Waals surface area contributed by atoms with E-state index in [1.54, 1.807) is 25.3 Å². The highest BCUT2D eigenvalue weighted by atomic mass is 16.5. The number of nitrogens with zero attached hydrogens (tertiary/aromatic N) is 2. The van der Waals surface area contributed by atoms with Crippen LogP contribution in [0.25, 0.3) is 6.08 Å². The summed E-state index contributed by atoms with van der Waals surface area (Å²) < 4.78 is 10.9. The Morgan fingerprint density at radius 3 is 2.44 bits per heavy atom. The lowest BCUT2D eigenvalue weighted by Gasteiger charge is -2.15. The molecule has 0 fully saturated rings. The molecular formula is C14H14N2O2. The van der Waals surface area contributed by atoms with Gasteiger partial charge < -0.3 is 9.47 Å². The van der Waals surface area contributed by atoms with E-state index in [1.165, 1.54) is 6.08 Å². The van der Waals surface area contributed by atoms with Gasteiger partial charge >= 0.3 is 0 Å². The Balaban J connectivity index is 3.32. The molecule has 1 aromatic carbocycles. The standard InChI is InChI=1S/C14H14N2O2/c1-10(2)18-14-12(7-11(8-15)9-16)5-4-6-13(14)17-3/h4-7,10H,1-3H3. The molecule has 0 spiro atoms. The fraction of sp³-hybridized carbons (Fsp3) is 0.286. The van der Waals surface area contributed by atoms with E-state index in [4.69, 9.17) is 20.0 Å². The first-order valence-electron chi connectivity index (χ1n) is 5.48. The average Bonchev–Trinajstić information content (AvgIpc) is 2.36. The lowest BCUT2D eigenvalue weighted by Crippen LogP contribution is -2.08. The predicted octanol–water partition coefficient (Wildman–Crippen LogP) is 2.91. The summed E-state index contributed by atoms with van der Waals surface area (Å²) in [6, 6.07) is 8.97. The van der Waals surface area contributed by atoms with Crippen molar-refractivity contribution in [2.45, 2.75) is 20.0 Å². The van der Waals surface area contributed by atoms with Gasteiger partial charge in [0.25, 0.3) is 0 Å². The summed E-state index contributed by atoms with van der Waals surface area (Å²) in [6.07, 6.45) is 1.46. The van der Waals surface area contributed by atoms with E-state index in [1.807, 2.05) is 26.0 Å². The van der Waals surface area contributed by atoms with E-state index in [2.05, 4.69) is 0 Å². The van der Waals surface area contributed by atoms with E-state index >= 15 is 0 Å². The van der Waals surface area contributed by atoms with Crippen molar-refractivity contribution < 1.29 is 9.47 Å². The Hall–Kier alpha value is -2.46. The molecule has 0 heterocycles. The van der Waals surface area contributed by atoms with Crippen molar-refractivity contribution in [2.24, 2.45) is 0 Å². The summed E-state index contributed by atoms with van der Waals surface area (Å²) in [5.41, 5.74) is 0.679. The van der Waals surface area contributed by atoms with Gasteiger partial charge in [0.05, 0.1) is 13.2 Å². The van der Waals surface area contributed by atoms with Crippen LogP contribution in [0, 0.1) is 22.7 Å². The van der Waals surface area contributed by atoms with Crippen LogP contribution in [0.5, 0.6) is 11.5 Å². The van der Waals surface area contributed by atoms with Crippen molar-refractivity contribution >= 4 is 6.08 Å². The third-order valence-corrected chi connectivity index (χ3v) is 2.12. The first-order chi connectivity index (χ1) is 8.62. The van der Waals surface area contributed by atoms with Crippen LogP contribution in [-0.4, -0.2) is 13.2 Å².